The summed E-state index contributed by atoms with van der Waals surface area (Å²) in [4.78, 5) is 88.9. The topological polar surface area (TPSA) is 174 Å². The van der Waals surface area contributed by atoms with Crippen molar-refractivity contribution < 1.29 is 43.0 Å². The van der Waals surface area contributed by atoms with Gasteiger partial charge in [0.05, 0.1) is 18.9 Å². The number of carbonyl (C=O) groups excluding carboxylic acids is 7. The number of thioether (sulfide) groups is 2. The van der Waals surface area contributed by atoms with Crippen LogP contribution < -0.4 is 16.0 Å². The third-order valence-corrected chi connectivity index (χ3v) is 8.50. The zero-order chi connectivity index (χ0) is 34.2. The van der Waals surface area contributed by atoms with Crippen LogP contribution in [0.2, 0.25) is 0 Å². The third kappa shape index (κ3) is 14.6. The molecule has 46 heavy (non-hydrogen) atoms. The predicted molar refractivity (Wildman–Crippen MR) is 175 cm³/mol. The first-order chi connectivity index (χ1) is 21.7. The maximum Gasteiger partial charge on any atom is 0.310 e. The van der Waals surface area contributed by atoms with Gasteiger partial charge in [0.15, 0.2) is 10.2 Å². The van der Waals surface area contributed by atoms with E-state index in [0.717, 1.165) is 29.1 Å². The largest absolute Gasteiger partial charge is 0.460 e. The summed E-state index contributed by atoms with van der Waals surface area (Å²) in [5.41, 5.74) is 0.745. The highest BCUT2D eigenvalue weighted by molar-refractivity contribution is 8.13. The molecule has 5 atom stereocenters. The first-order valence-corrected chi connectivity index (χ1v) is 17.0. The van der Waals surface area contributed by atoms with E-state index in [1.54, 1.807) is 50.3 Å². The van der Waals surface area contributed by atoms with Crippen molar-refractivity contribution in [3.8, 4) is 0 Å². The van der Waals surface area contributed by atoms with E-state index in [1.807, 2.05) is 6.07 Å². The molecule has 1 aliphatic heterocycles. The van der Waals surface area contributed by atoms with Gasteiger partial charge in [-0.05, 0) is 24.0 Å². The summed E-state index contributed by atoms with van der Waals surface area (Å²) in [5.74, 6) is -3.31. The highest BCUT2D eigenvalue weighted by Gasteiger charge is 2.36. The van der Waals surface area contributed by atoms with Crippen molar-refractivity contribution in [1.29, 1.82) is 0 Å². The lowest BCUT2D eigenvalue weighted by Gasteiger charge is -2.31. The maximum atomic E-state index is 13.7. The number of amides is 3. The van der Waals surface area contributed by atoms with Gasteiger partial charge in [-0.2, -0.15) is 0 Å². The summed E-state index contributed by atoms with van der Waals surface area (Å²) in [6, 6.07) is 5.80. The van der Waals surface area contributed by atoms with Gasteiger partial charge in [-0.15, -0.1) is 0 Å². The van der Waals surface area contributed by atoms with E-state index >= 15 is 0 Å². The first-order valence-electron chi connectivity index (χ1n) is 15.0. The Labute approximate surface area is 277 Å². The van der Waals surface area contributed by atoms with Crippen LogP contribution in [0, 0.1) is 5.92 Å². The summed E-state index contributed by atoms with van der Waals surface area (Å²) < 4.78 is 11.1. The van der Waals surface area contributed by atoms with Gasteiger partial charge in [-0.25, -0.2) is 0 Å². The Balaban J connectivity index is 2.52. The van der Waals surface area contributed by atoms with Gasteiger partial charge in [0.1, 0.15) is 24.3 Å². The molecule has 2 rings (SSSR count). The van der Waals surface area contributed by atoms with Crippen molar-refractivity contribution in [1.82, 2.24) is 16.0 Å². The molecule has 0 aromatic heterocycles. The normalized spacial score (nSPS) is 23.4. The fourth-order valence-corrected chi connectivity index (χ4v) is 5.79. The molecule has 252 valence electrons. The number of hydrogen-bond donors (Lipinski definition) is 3. The molecule has 1 saturated heterocycles. The predicted octanol–water partition coefficient (Wildman–Crippen LogP) is 2.48. The Kier molecular flexibility index (Phi) is 16.6. The molecule has 3 N–H and O–H groups in total. The quantitative estimate of drug-likeness (QED) is 0.189. The van der Waals surface area contributed by atoms with Gasteiger partial charge in [-0.1, -0.05) is 73.8 Å². The van der Waals surface area contributed by atoms with Crippen LogP contribution in [0.3, 0.4) is 0 Å². The summed E-state index contributed by atoms with van der Waals surface area (Å²) in [5, 5.41) is 7.89. The molecule has 0 spiro atoms. The molecule has 3 amide bonds. The number of cyclic esters (lactones) is 1. The van der Waals surface area contributed by atoms with E-state index < -0.39 is 66.4 Å². The molecular weight excluding hydrogens is 634 g/mol. The van der Waals surface area contributed by atoms with E-state index in [1.165, 1.54) is 20.8 Å². The second-order valence-electron chi connectivity index (χ2n) is 11.1. The number of benzene rings is 1. The highest BCUT2D eigenvalue weighted by Crippen LogP contribution is 2.18. The van der Waals surface area contributed by atoms with Gasteiger partial charge < -0.3 is 25.4 Å². The number of nitrogens with one attached hydrogen (secondary N) is 3. The van der Waals surface area contributed by atoms with E-state index in [-0.39, 0.29) is 34.7 Å². The van der Waals surface area contributed by atoms with E-state index in [2.05, 4.69) is 16.0 Å². The molecule has 14 heteroatoms. The minimum Gasteiger partial charge on any atom is -0.460 e. The molecule has 1 aromatic carbocycles. The Morgan fingerprint density at radius 3 is 2.17 bits per heavy atom. The second-order valence-corrected chi connectivity index (χ2v) is 13.6. The van der Waals surface area contributed by atoms with Crippen molar-refractivity contribution in [2.24, 2.45) is 5.92 Å². The van der Waals surface area contributed by atoms with Crippen LogP contribution in [-0.2, 0) is 49.5 Å². The van der Waals surface area contributed by atoms with Crippen LogP contribution in [-0.4, -0.2) is 81.7 Å². The molecule has 1 aromatic rings. The fourth-order valence-electron chi connectivity index (χ4n) is 4.61. The summed E-state index contributed by atoms with van der Waals surface area (Å²) in [7, 11) is 0. The molecular formula is C32H43N3O9S2. The van der Waals surface area contributed by atoms with Crippen molar-refractivity contribution in [2.75, 3.05) is 11.5 Å². The minimum absolute atomic E-state index is 0.0405. The van der Waals surface area contributed by atoms with Crippen molar-refractivity contribution in [3.63, 3.8) is 0 Å². The number of allylic oxidation sites excluding steroid dienone is 1. The van der Waals surface area contributed by atoms with Crippen LogP contribution in [0.1, 0.15) is 59.4 Å². The van der Waals surface area contributed by atoms with Crippen molar-refractivity contribution in [2.45, 2.75) is 90.6 Å². The standard InChI is InChI=1S/C32H43N3O9S2/c1-19(2)30-27(43-20(3)36)17-29(40)44-24(13-9-10-14-45-21(4)37)16-28(39)33-25(15-23-11-7-6-8-12-23)31(41)34-26(32(42)35-30)18-46-22(5)38/h6-9,11-13,19,24-27,30H,10,14-18H2,1-5H3,(H,33,39)(H,34,41)(H,35,42)/b13-9+/t24-,25-,26-,27-,30-/m1/s1. The zero-order valence-corrected chi connectivity index (χ0v) is 28.4. The van der Waals surface area contributed by atoms with E-state index in [0.29, 0.717) is 12.2 Å². The van der Waals surface area contributed by atoms with Crippen molar-refractivity contribution >= 4 is 63.4 Å². The maximum absolute atomic E-state index is 13.7. The van der Waals surface area contributed by atoms with Crippen LogP contribution in [0.5, 0.6) is 0 Å². The lowest BCUT2D eigenvalue weighted by atomic mass is 9.95. The average molecular weight is 678 g/mol. The number of esters is 2. The van der Waals surface area contributed by atoms with Gasteiger partial charge in [0, 0.05) is 38.7 Å². The molecule has 0 bridgehead atoms. The molecule has 0 aliphatic carbocycles. The molecule has 0 saturated carbocycles. The SMILES string of the molecule is CC(=O)O[C@@H]1CC(=O)O[C@H](/C=C/CCSC(C)=O)CC(=O)N[C@H](Cc2ccccc2)C(=O)N[C@H](CSC(C)=O)C(=O)N[C@@H]1C(C)C. The average Bonchev–Trinajstić information content (AvgIpc) is 2.96. The number of hydrogen-bond acceptors (Lipinski definition) is 11. The Morgan fingerprint density at radius 1 is 0.913 bits per heavy atom. The van der Waals surface area contributed by atoms with Crippen LogP contribution >= 0.6 is 23.5 Å². The Bertz CT molecular complexity index is 1270. The molecule has 0 radical (unpaired) electrons. The Morgan fingerprint density at radius 2 is 1.57 bits per heavy atom. The smallest absolute Gasteiger partial charge is 0.310 e. The van der Waals surface area contributed by atoms with Gasteiger partial charge in [-0.3, -0.25) is 33.6 Å². The van der Waals surface area contributed by atoms with Gasteiger partial charge in [0.2, 0.25) is 17.7 Å². The third-order valence-electron chi connectivity index (χ3n) is 6.74. The molecule has 1 aliphatic rings. The van der Waals surface area contributed by atoms with E-state index in [9.17, 15) is 33.6 Å². The van der Waals surface area contributed by atoms with Crippen LogP contribution in [0.25, 0.3) is 0 Å². The molecule has 1 fully saturated rings. The molecule has 0 unspecified atom stereocenters. The van der Waals surface area contributed by atoms with Gasteiger partial charge in [0.25, 0.3) is 0 Å². The monoisotopic (exact) mass is 677 g/mol. The Hall–Kier alpha value is -3.65. The molecule has 12 nitrogen and oxygen atoms in total. The number of ether oxygens (including phenoxy) is 2. The summed E-state index contributed by atoms with van der Waals surface area (Å²) in [6.07, 6.45) is 0.880. The first kappa shape index (κ1) is 38.5. The minimum atomic E-state index is -1.20. The lowest BCUT2D eigenvalue weighted by molar-refractivity contribution is -0.158. The van der Waals surface area contributed by atoms with E-state index in [4.69, 9.17) is 9.47 Å². The van der Waals surface area contributed by atoms with Gasteiger partial charge >= 0.3 is 11.9 Å². The molecule has 1 heterocycles. The van der Waals surface area contributed by atoms with Crippen LogP contribution in [0.4, 0.5) is 0 Å². The summed E-state index contributed by atoms with van der Waals surface area (Å²) in [6.45, 7) is 7.50. The van der Waals surface area contributed by atoms with Crippen molar-refractivity contribution in [3.05, 3.63) is 48.0 Å². The fraction of sp³-hybridized carbons (Fsp3) is 0.531. The van der Waals surface area contributed by atoms with Crippen LogP contribution in [0.15, 0.2) is 42.5 Å². The lowest BCUT2D eigenvalue weighted by Crippen LogP contribution is -2.58. The summed E-state index contributed by atoms with van der Waals surface area (Å²) >= 11 is 1.98. The highest BCUT2D eigenvalue weighted by atomic mass is 32.2. The number of carbonyl (C=O) groups is 7. The number of rotatable bonds is 10. The zero-order valence-electron chi connectivity index (χ0n) is 26.7. The second kappa shape index (κ2) is 19.8.